The second kappa shape index (κ2) is 3.72. The molecule has 0 N–H and O–H groups in total. The number of hydrogen-bond donors (Lipinski definition) is 0. The summed E-state index contributed by atoms with van der Waals surface area (Å²) in [5.41, 5.74) is 1.41. The van der Waals surface area contributed by atoms with Gasteiger partial charge in [-0.15, -0.1) is 0 Å². The Morgan fingerprint density at radius 3 is 2.42 bits per heavy atom. The number of carbonyl (C=O) groups is 1. The van der Waals surface area contributed by atoms with Crippen LogP contribution in [0.1, 0.15) is 15.9 Å². The Labute approximate surface area is 71.5 Å². The molecular formula is C10H9O2. The zero-order valence-corrected chi connectivity index (χ0v) is 6.78. The lowest BCUT2D eigenvalue weighted by Crippen LogP contribution is -2.00. The smallest absolute Gasteiger partial charge is 0.337 e. The van der Waals surface area contributed by atoms with Crippen molar-refractivity contribution in [3.63, 3.8) is 0 Å². The monoisotopic (exact) mass is 161 g/mol. The van der Waals surface area contributed by atoms with Crippen LogP contribution in [0.15, 0.2) is 24.3 Å². The third-order valence-electron chi connectivity index (χ3n) is 1.52. The highest BCUT2D eigenvalue weighted by Crippen LogP contribution is 2.05. The fourth-order valence-electron chi connectivity index (χ4n) is 0.848. The van der Waals surface area contributed by atoms with Crippen LogP contribution >= 0.6 is 0 Å². The number of carbonyl (C=O) groups excluding carboxylic acids is 1. The van der Waals surface area contributed by atoms with Crippen LogP contribution in [-0.4, -0.2) is 13.1 Å². The Hall–Kier alpha value is -1.57. The maximum absolute atomic E-state index is 10.9. The van der Waals surface area contributed by atoms with Crippen molar-refractivity contribution in [2.45, 2.75) is 0 Å². The molecule has 0 aromatic heterocycles. The fraction of sp³-hybridized carbons (Fsp3) is 0.100. The van der Waals surface area contributed by atoms with Gasteiger partial charge in [0.1, 0.15) is 0 Å². The Kier molecular flexibility index (Phi) is 2.64. The van der Waals surface area contributed by atoms with Crippen molar-refractivity contribution < 1.29 is 9.53 Å². The van der Waals surface area contributed by atoms with Gasteiger partial charge in [-0.3, -0.25) is 0 Å². The molecule has 0 unspecified atom stereocenters. The predicted molar refractivity (Wildman–Crippen MR) is 46.5 cm³/mol. The van der Waals surface area contributed by atoms with E-state index in [4.69, 9.17) is 6.58 Å². The quantitative estimate of drug-likeness (QED) is 0.619. The van der Waals surface area contributed by atoms with Crippen molar-refractivity contribution in [2.75, 3.05) is 7.11 Å². The number of hydrogen-bond acceptors (Lipinski definition) is 2. The van der Waals surface area contributed by atoms with Crippen LogP contribution in [0.3, 0.4) is 0 Å². The van der Waals surface area contributed by atoms with Crippen LogP contribution in [0.25, 0.3) is 6.08 Å². The molecular weight excluding hydrogens is 152 g/mol. The number of ether oxygens (including phenoxy) is 1. The van der Waals surface area contributed by atoms with Gasteiger partial charge < -0.3 is 4.74 Å². The first-order valence-corrected chi connectivity index (χ1v) is 3.51. The fourth-order valence-corrected chi connectivity index (χ4v) is 0.848. The van der Waals surface area contributed by atoms with E-state index in [0.29, 0.717) is 5.56 Å². The molecule has 0 aliphatic carbocycles. The molecule has 0 saturated heterocycles. The van der Waals surface area contributed by atoms with Gasteiger partial charge in [-0.05, 0) is 17.7 Å². The molecule has 12 heavy (non-hydrogen) atoms. The molecule has 2 nitrogen and oxygen atoms in total. The molecule has 0 bridgehead atoms. The van der Waals surface area contributed by atoms with E-state index in [1.54, 1.807) is 24.3 Å². The molecule has 1 aromatic carbocycles. The lowest BCUT2D eigenvalue weighted by molar-refractivity contribution is 0.0601. The Balaban J connectivity index is 2.91. The van der Waals surface area contributed by atoms with E-state index < -0.39 is 0 Å². The molecule has 61 valence electrons. The number of benzene rings is 1. The molecule has 1 radical (unpaired) electrons. The SMILES string of the molecule is [CH]=Cc1ccc(C(=O)OC)cc1. The highest BCUT2D eigenvalue weighted by molar-refractivity contribution is 5.89. The average Bonchev–Trinajstić information content (AvgIpc) is 2.17. The normalized spacial score (nSPS) is 9.08. The Bertz CT molecular complexity index is 285. The summed E-state index contributed by atoms with van der Waals surface area (Å²) < 4.78 is 4.53. The molecule has 1 rings (SSSR count). The second-order valence-corrected chi connectivity index (χ2v) is 2.28. The van der Waals surface area contributed by atoms with E-state index in [-0.39, 0.29) is 5.97 Å². The van der Waals surface area contributed by atoms with E-state index in [0.717, 1.165) is 5.56 Å². The number of rotatable bonds is 2. The molecule has 0 aliphatic heterocycles. The van der Waals surface area contributed by atoms with Gasteiger partial charge in [-0.25, -0.2) is 4.79 Å². The summed E-state index contributed by atoms with van der Waals surface area (Å²) in [5, 5.41) is 0. The van der Waals surface area contributed by atoms with Crippen LogP contribution < -0.4 is 0 Å². The van der Waals surface area contributed by atoms with Crippen molar-refractivity contribution in [1.82, 2.24) is 0 Å². The van der Waals surface area contributed by atoms with Gasteiger partial charge in [0.15, 0.2) is 0 Å². The minimum Gasteiger partial charge on any atom is -0.465 e. The predicted octanol–water partition coefficient (Wildman–Crippen LogP) is 1.92. The van der Waals surface area contributed by atoms with Gasteiger partial charge in [0, 0.05) is 0 Å². The number of esters is 1. The summed E-state index contributed by atoms with van der Waals surface area (Å²) >= 11 is 0. The maximum atomic E-state index is 10.9. The third-order valence-corrected chi connectivity index (χ3v) is 1.52. The average molecular weight is 161 g/mol. The van der Waals surface area contributed by atoms with Gasteiger partial charge >= 0.3 is 5.97 Å². The molecule has 0 atom stereocenters. The summed E-state index contributed by atoms with van der Waals surface area (Å²) in [7, 11) is 1.35. The van der Waals surface area contributed by atoms with Gasteiger partial charge in [-0.2, -0.15) is 0 Å². The summed E-state index contributed by atoms with van der Waals surface area (Å²) in [5.74, 6) is -0.335. The van der Waals surface area contributed by atoms with Crippen LogP contribution in [0.5, 0.6) is 0 Å². The van der Waals surface area contributed by atoms with E-state index >= 15 is 0 Å². The van der Waals surface area contributed by atoms with Crippen molar-refractivity contribution >= 4 is 12.0 Å². The topological polar surface area (TPSA) is 26.3 Å². The highest BCUT2D eigenvalue weighted by atomic mass is 16.5. The zero-order chi connectivity index (χ0) is 8.97. The molecule has 0 amide bonds. The third kappa shape index (κ3) is 1.72. The first kappa shape index (κ1) is 8.53. The molecule has 0 saturated carbocycles. The zero-order valence-electron chi connectivity index (χ0n) is 6.78. The van der Waals surface area contributed by atoms with Gasteiger partial charge in [-0.1, -0.05) is 24.8 Å². The van der Waals surface area contributed by atoms with E-state index in [1.807, 2.05) is 0 Å². The van der Waals surface area contributed by atoms with Gasteiger partial charge in [0.25, 0.3) is 0 Å². The molecule has 0 heterocycles. The molecule has 2 heteroatoms. The van der Waals surface area contributed by atoms with Crippen LogP contribution in [0.2, 0.25) is 0 Å². The molecule has 1 aromatic rings. The van der Waals surface area contributed by atoms with Crippen molar-refractivity contribution in [1.29, 1.82) is 0 Å². The molecule has 0 fully saturated rings. The van der Waals surface area contributed by atoms with Crippen molar-refractivity contribution in [3.05, 3.63) is 42.0 Å². The van der Waals surface area contributed by atoms with Crippen molar-refractivity contribution in [2.24, 2.45) is 0 Å². The molecule has 0 spiro atoms. The Morgan fingerprint density at radius 1 is 1.42 bits per heavy atom. The minimum atomic E-state index is -0.335. The summed E-state index contributed by atoms with van der Waals surface area (Å²) in [6.07, 6.45) is 1.47. The van der Waals surface area contributed by atoms with Gasteiger partial charge in [0.05, 0.1) is 12.7 Å². The summed E-state index contributed by atoms with van der Waals surface area (Å²) in [6, 6.07) is 6.85. The highest BCUT2D eigenvalue weighted by Gasteiger charge is 2.02. The maximum Gasteiger partial charge on any atom is 0.337 e. The lowest BCUT2D eigenvalue weighted by atomic mass is 10.1. The number of methoxy groups -OCH3 is 1. The van der Waals surface area contributed by atoms with E-state index in [2.05, 4.69) is 4.74 Å². The largest absolute Gasteiger partial charge is 0.465 e. The lowest BCUT2D eigenvalue weighted by Gasteiger charge is -1.98. The van der Waals surface area contributed by atoms with Crippen LogP contribution in [0.4, 0.5) is 0 Å². The first-order valence-electron chi connectivity index (χ1n) is 3.51. The first-order chi connectivity index (χ1) is 5.77. The van der Waals surface area contributed by atoms with Crippen LogP contribution in [0, 0.1) is 6.58 Å². The standard InChI is InChI=1S/C10H9O2/c1-3-8-4-6-9(7-5-8)10(11)12-2/h1,3-7H,2H3. The van der Waals surface area contributed by atoms with Crippen molar-refractivity contribution in [3.8, 4) is 0 Å². The summed E-state index contributed by atoms with van der Waals surface area (Å²) in [4.78, 5) is 10.9. The van der Waals surface area contributed by atoms with Crippen LogP contribution in [-0.2, 0) is 4.74 Å². The Morgan fingerprint density at radius 2 is 2.00 bits per heavy atom. The van der Waals surface area contributed by atoms with E-state index in [1.165, 1.54) is 13.2 Å². The van der Waals surface area contributed by atoms with Gasteiger partial charge in [0.2, 0.25) is 0 Å². The second-order valence-electron chi connectivity index (χ2n) is 2.28. The molecule has 0 aliphatic rings. The van der Waals surface area contributed by atoms with E-state index in [9.17, 15) is 4.79 Å². The summed E-state index contributed by atoms with van der Waals surface area (Å²) in [6.45, 7) is 5.27. The minimum absolute atomic E-state index is 0.335.